The van der Waals surface area contributed by atoms with Gasteiger partial charge >= 0.3 is 0 Å². The average molecular weight is 220 g/mol. The number of hydrogen-bond donors (Lipinski definition) is 1. The number of amides is 1. The Morgan fingerprint density at radius 1 is 1.69 bits per heavy atom. The van der Waals surface area contributed by atoms with Crippen molar-refractivity contribution in [1.82, 2.24) is 5.32 Å². The van der Waals surface area contributed by atoms with Crippen molar-refractivity contribution in [1.29, 1.82) is 5.26 Å². The Morgan fingerprint density at radius 2 is 2.50 bits per heavy atom. The van der Waals surface area contributed by atoms with Crippen LogP contribution in [0, 0.1) is 17.2 Å². The quantitative estimate of drug-likeness (QED) is 0.699. The molecule has 1 aliphatic rings. The molecule has 1 N–H and O–H groups in total. The first-order valence-corrected chi connectivity index (χ1v) is 6.13. The van der Waals surface area contributed by atoms with Crippen LogP contribution in [-0.2, 0) is 4.79 Å². The predicted octanol–water partition coefficient (Wildman–Crippen LogP) is 2.54. The maximum absolute atomic E-state index is 11.6. The highest BCUT2D eigenvalue weighted by Gasteiger charge is 2.16. The normalized spacial score (nSPS) is 16.4. The number of nitrogens with one attached hydrogen (secondary N) is 1. The van der Waals surface area contributed by atoms with E-state index in [0.717, 1.165) is 12.8 Å². The van der Waals surface area contributed by atoms with E-state index in [4.69, 9.17) is 5.26 Å². The van der Waals surface area contributed by atoms with E-state index in [1.54, 1.807) is 0 Å². The van der Waals surface area contributed by atoms with Crippen molar-refractivity contribution in [3.63, 3.8) is 0 Å². The van der Waals surface area contributed by atoms with Gasteiger partial charge in [0, 0.05) is 6.54 Å². The Kier molecular flexibility index (Phi) is 5.63. The van der Waals surface area contributed by atoms with E-state index in [9.17, 15) is 4.79 Å². The van der Waals surface area contributed by atoms with Gasteiger partial charge in [-0.2, -0.15) is 5.26 Å². The van der Waals surface area contributed by atoms with Crippen molar-refractivity contribution in [2.45, 2.75) is 45.4 Å². The summed E-state index contributed by atoms with van der Waals surface area (Å²) in [5, 5.41) is 11.7. The number of carbonyl (C=O) groups excluding carboxylic acids is 1. The Hall–Kier alpha value is -1.30. The van der Waals surface area contributed by atoms with E-state index in [-0.39, 0.29) is 5.91 Å². The third kappa shape index (κ3) is 4.06. The van der Waals surface area contributed by atoms with Gasteiger partial charge in [0.15, 0.2) is 0 Å². The lowest BCUT2D eigenvalue weighted by atomic mass is 10.0. The molecule has 0 aromatic heterocycles. The summed E-state index contributed by atoms with van der Waals surface area (Å²) in [4.78, 5) is 11.6. The van der Waals surface area contributed by atoms with Gasteiger partial charge < -0.3 is 5.32 Å². The summed E-state index contributed by atoms with van der Waals surface area (Å²) < 4.78 is 0. The van der Waals surface area contributed by atoms with Crippen molar-refractivity contribution >= 4 is 5.91 Å². The first kappa shape index (κ1) is 12.8. The van der Waals surface area contributed by atoms with Crippen molar-refractivity contribution < 1.29 is 4.79 Å². The molecule has 3 nitrogen and oxygen atoms in total. The van der Waals surface area contributed by atoms with Crippen LogP contribution in [0.2, 0.25) is 0 Å². The molecule has 0 bridgehead atoms. The van der Waals surface area contributed by atoms with E-state index in [2.05, 4.69) is 17.5 Å². The molecular formula is C13H20N2O. The van der Waals surface area contributed by atoms with Gasteiger partial charge in [-0.25, -0.2) is 0 Å². The zero-order valence-electron chi connectivity index (χ0n) is 9.96. The van der Waals surface area contributed by atoms with E-state index in [1.807, 2.05) is 6.92 Å². The van der Waals surface area contributed by atoms with Crippen LogP contribution >= 0.6 is 0 Å². The summed E-state index contributed by atoms with van der Waals surface area (Å²) in [6.07, 6.45) is 8.34. The Labute approximate surface area is 97.5 Å². The van der Waals surface area contributed by atoms with E-state index < -0.39 is 5.92 Å². The first-order valence-electron chi connectivity index (χ1n) is 6.13. The molecule has 1 rings (SSSR count). The first-order chi connectivity index (χ1) is 7.77. The van der Waals surface area contributed by atoms with Crippen LogP contribution in [0.5, 0.6) is 0 Å². The zero-order chi connectivity index (χ0) is 11.8. The van der Waals surface area contributed by atoms with Gasteiger partial charge in [-0.1, -0.05) is 25.0 Å². The second-order valence-electron chi connectivity index (χ2n) is 4.27. The fourth-order valence-electron chi connectivity index (χ4n) is 1.98. The number of nitrogens with zero attached hydrogens (tertiary/aromatic N) is 1. The summed E-state index contributed by atoms with van der Waals surface area (Å²) in [5.41, 5.74) is 1.45. The molecule has 0 aliphatic heterocycles. The molecule has 1 aliphatic carbocycles. The highest BCUT2D eigenvalue weighted by molar-refractivity contribution is 5.80. The molecule has 0 aromatic rings. The molecule has 0 heterocycles. The third-order valence-electron chi connectivity index (χ3n) is 2.93. The van der Waals surface area contributed by atoms with Crippen molar-refractivity contribution in [3.8, 4) is 6.07 Å². The Morgan fingerprint density at radius 3 is 3.06 bits per heavy atom. The van der Waals surface area contributed by atoms with Crippen LogP contribution in [0.4, 0.5) is 0 Å². The van der Waals surface area contributed by atoms with Gasteiger partial charge in [-0.05, 0) is 32.1 Å². The van der Waals surface area contributed by atoms with Crippen LogP contribution in [-0.4, -0.2) is 12.5 Å². The van der Waals surface area contributed by atoms with Crippen LogP contribution in [0.1, 0.15) is 45.4 Å². The summed E-state index contributed by atoms with van der Waals surface area (Å²) >= 11 is 0. The molecule has 16 heavy (non-hydrogen) atoms. The highest BCUT2D eigenvalue weighted by atomic mass is 16.1. The lowest BCUT2D eigenvalue weighted by Crippen LogP contribution is -2.30. The second kappa shape index (κ2) is 7.05. The molecule has 1 amide bonds. The molecule has 3 heteroatoms. The van der Waals surface area contributed by atoms with Gasteiger partial charge in [-0.15, -0.1) is 0 Å². The van der Waals surface area contributed by atoms with Crippen molar-refractivity contribution in [2.24, 2.45) is 5.92 Å². The second-order valence-corrected chi connectivity index (χ2v) is 4.27. The fraction of sp³-hybridized carbons (Fsp3) is 0.692. The molecule has 0 aromatic carbocycles. The Balaban J connectivity index is 2.21. The molecule has 0 saturated heterocycles. The number of rotatable bonds is 6. The average Bonchev–Trinajstić information content (AvgIpc) is 2.78. The lowest BCUT2D eigenvalue weighted by Gasteiger charge is -2.09. The molecular weight excluding hydrogens is 200 g/mol. The molecule has 1 atom stereocenters. The van der Waals surface area contributed by atoms with Crippen LogP contribution in [0.3, 0.4) is 0 Å². The van der Waals surface area contributed by atoms with Crippen LogP contribution < -0.4 is 5.32 Å². The monoisotopic (exact) mass is 220 g/mol. The fourth-order valence-corrected chi connectivity index (χ4v) is 1.98. The molecule has 0 radical (unpaired) electrons. The maximum atomic E-state index is 11.6. The topological polar surface area (TPSA) is 52.9 Å². The van der Waals surface area contributed by atoms with Gasteiger partial charge in [0.05, 0.1) is 6.07 Å². The zero-order valence-corrected chi connectivity index (χ0v) is 9.96. The minimum Gasteiger partial charge on any atom is -0.355 e. The standard InChI is InChI=1S/C13H20N2O/c1-2-5-12(10-14)13(16)15-9-8-11-6-3-4-7-11/h6,12H,2-5,7-9H2,1H3,(H,15,16). The maximum Gasteiger partial charge on any atom is 0.237 e. The van der Waals surface area contributed by atoms with E-state index in [0.29, 0.717) is 13.0 Å². The highest BCUT2D eigenvalue weighted by Crippen LogP contribution is 2.19. The van der Waals surface area contributed by atoms with Crippen LogP contribution in [0.25, 0.3) is 0 Å². The molecule has 1 unspecified atom stereocenters. The predicted molar refractivity (Wildman–Crippen MR) is 63.6 cm³/mol. The summed E-state index contributed by atoms with van der Waals surface area (Å²) in [6, 6.07) is 2.05. The third-order valence-corrected chi connectivity index (χ3v) is 2.93. The SMILES string of the molecule is CCCC(C#N)C(=O)NCCC1=CCCC1. The van der Waals surface area contributed by atoms with Crippen LogP contribution in [0.15, 0.2) is 11.6 Å². The Bertz CT molecular complexity index is 302. The summed E-state index contributed by atoms with van der Waals surface area (Å²) in [7, 11) is 0. The minimum atomic E-state index is -0.470. The lowest BCUT2D eigenvalue weighted by molar-refractivity contribution is -0.123. The number of nitriles is 1. The van der Waals surface area contributed by atoms with E-state index in [1.165, 1.54) is 24.8 Å². The summed E-state index contributed by atoms with van der Waals surface area (Å²) in [6.45, 7) is 2.66. The molecule has 0 saturated carbocycles. The molecule has 88 valence electrons. The largest absolute Gasteiger partial charge is 0.355 e. The van der Waals surface area contributed by atoms with Gasteiger partial charge in [0.25, 0.3) is 0 Å². The summed E-state index contributed by atoms with van der Waals surface area (Å²) in [5.74, 6) is -0.578. The van der Waals surface area contributed by atoms with E-state index >= 15 is 0 Å². The van der Waals surface area contributed by atoms with Gasteiger partial charge in [-0.3, -0.25) is 4.79 Å². The smallest absolute Gasteiger partial charge is 0.237 e. The van der Waals surface area contributed by atoms with Crippen molar-refractivity contribution in [2.75, 3.05) is 6.54 Å². The molecule has 0 spiro atoms. The van der Waals surface area contributed by atoms with Crippen molar-refractivity contribution in [3.05, 3.63) is 11.6 Å². The number of carbonyl (C=O) groups is 1. The molecule has 0 fully saturated rings. The number of hydrogen-bond acceptors (Lipinski definition) is 2. The number of allylic oxidation sites excluding steroid dienone is 1. The van der Waals surface area contributed by atoms with Gasteiger partial charge in [0.2, 0.25) is 5.91 Å². The minimum absolute atomic E-state index is 0.108. The van der Waals surface area contributed by atoms with Gasteiger partial charge in [0.1, 0.15) is 5.92 Å².